The van der Waals surface area contributed by atoms with Crippen LogP contribution in [-0.2, 0) is 0 Å². The lowest BCUT2D eigenvalue weighted by Crippen LogP contribution is -2.49. The number of rotatable bonds is 2. The predicted octanol–water partition coefficient (Wildman–Crippen LogP) is 6.78. The van der Waals surface area contributed by atoms with Crippen molar-refractivity contribution < 1.29 is 0 Å². The highest BCUT2D eigenvalue weighted by Gasteiger charge is 2.54. The molecular formula is C22H36. The van der Waals surface area contributed by atoms with Crippen LogP contribution in [0.4, 0.5) is 0 Å². The van der Waals surface area contributed by atoms with E-state index in [9.17, 15) is 0 Å². The Labute approximate surface area is 138 Å². The Morgan fingerprint density at radius 2 is 1.82 bits per heavy atom. The molecule has 0 bridgehead atoms. The molecule has 3 rings (SSSR count). The van der Waals surface area contributed by atoms with Crippen molar-refractivity contribution in [3.05, 3.63) is 24.3 Å². The number of fused-ring (bicyclic) bond motifs is 1. The number of hydrogen-bond donors (Lipinski definition) is 0. The third kappa shape index (κ3) is 2.24. The zero-order valence-corrected chi connectivity index (χ0v) is 15.4. The summed E-state index contributed by atoms with van der Waals surface area (Å²) in [5.41, 5.74) is 3.94. The second-order valence-electron chi connectivity index (χ2n) is 9.32. The van der Waals surface area contributed by atoms with Crippen molar-refractivity contribution in [2.45, 2.75) is 79.1 Å². The van der Waals surface area contributed by atoms with Crippen LogP contribution in [-0.4, -0.2) is 0 Å². The van der Waals surface area contributed by atoms with Crippen LogP contribution in [0.2, 0.25) is 0 Å². The molecule has 0 aromatic heterocycles. The molecule has 0 spiro atoms. The van der Waals surface area contributed by atoms with Crippen molar-refractivity contribution >= 4 is 0 Å². The van der Waals surface area contributed by atoms with Gasteiger partial charge in [-0.05, 0) is 66.6 Å². The van der Waals surface area contributed by atoms with E-state index in [1.165, 1.54) is 56.9 Å². The molecule has 3 aliphatic rings. The van der Waals surface area contributed by atoms with Crippen LogP contribution in [0.3, 0.4) is 0 Å². The molecule has 0 saturated heterocycles. The molecule has 124 valence electrons. The number of hydrogen-bond acceptors (Lipinski definition) is 0. The average Bonchev–Trinajstić information content (AvgIpc) is 2.72. The molecule has 22 heavy (non-hydrogen) atoms. The predicted molar refractivity (Wildman–Crippen MR) is 96.7 cm³/mol. The quantitative estimate of drug-likeness (QED) is 0.493. The molecule has 3 aliphatic carbocycles. The summed E-state index contributed by atoms with van der Waals surface area (Å²) in [4.78, 5) is 0. The lowest BCUT2D eigenvalue weighted by molar-refractivity contribution is -0.0371. The molecule has 0 N–H and O–H groups in total. The summed E-state index contributed by atoms with van der Waals surface area (Å²) in [5.74, 6) is 3.26. The van der Waals surface area contributed by atoms with E-state index in [-0.39, 0.29) is 0 Å². The smallest absolute Gasteiger partial charge is 0.0113 e. The van der Waals surface area contributed by atoms with Crippen LogP contribution in [0.15, 0.2) is 24.3 Å². The van der Waals surface area contributed by atoms with E-state index in [2.05, 4.69) is 40.9 Å². The van der Waals surface area contributed by atoms with Gasteiger partial charge >= 0.3 is 0 Å². The van der Waals surface area contributed by atoms with Crippen LogP contribution in [0.5, 0.6) is 0 Å². The minimum Gasteiger partial charge on any atom is -0.0995 e. The molecule has 0 heteroatoms. The van der Waals surface area contributed by atoms with E-state index in [1.807, 2.05) is 0 Å². The van der Waals surface area contributed by atoms with Gasteiger partial charge in [-0.3, -0.25) is 0 Å². The van der Waals surface area contributed by atoms with Gasteiger partial charge in [-0.25, -0.2) is 0 Å². The summed E-state index contributed by atoms with van der Waals surface area (Å²) >= 11 is 0. The number of allylic oxidation sites excluding steroid dienone is 2. The summed E-state index contributed by atoms with van der Waals surface area (Å²) in [7, 11) is 0. The van der Waals surface area contributed by atoms with E-state index in [1.54, 1.807) is 5.57 Å². The molecule has 0 heterocycles. The van der Waals surface area contributed by atoms with E-state index in [4.69, 9.17) is 0 Å². The van der Waals surface area contributed by atoms with E-state index < -0.39 is 0 Å². The summed E-state index contributed by atoms with van der Waals surface area (Å²) < 4.78 is 0. The second kappa shape index (κ2) is 5.53. The maximum absolute atomic E-state index is 4.62. The SMILES string of the molecule is C=C1CC2CCCCC2(C)C(CC)C1C1CCC(=C)C1(C)C. The first-order chi connectivity index (χ1) is 10.3. The van der Waals surface area contributed by atoms with Gasteiger partial charge in [0, 0.05) is 0 Å². The van der Waals surface area contributed by atoms with E-state index in [0.29, 0.717) is 10.8 Å². The minimum absolute atomic E-state index is 0.304. The van der Waals surface area contributed by atoms with Crippen molar-refractivity contribution in [1.29, 1.82) is 0 Å². The van der Waals surface area contributed by atoms with Crippen LogP contribution in [0.25, 0.3) is 0 Å². The van der Waals surface area contributed by atoms with Crippen molar-refractivity contribution in [2.75, 3.05) is 0 Å². The van der Waals surface area contributed by atoms with E-state index in [0.717, 1.165) is 23.7 Å². The van der Waals surface area contributed by atoms with Crippen molar-refractivity contribution in [3.63, 3.8) is 0 Å². The molecule has 0 nitrogen and oxygen atoms in total. The first kappa shape index (κ1) is 16.3. The lowest BCUT2D eigenvalue weighted by atomic mass is 9.48. The molecule has 5 atom stereocenters. The normalized spacial score (nSPS) is 44.9. The Morgan fingerprint density at radius 1 is 1.09 bits per heavy atom. The topological polar surface area (TPSA) is 0 Å². The maximum atomic E-state index is 4.62. The van der Waals surface area contributed by atoms with Crippen LogP contribution >= 0.6 is 0 Å². The van der Waals surface area contributed by atoms with Crippen LogP contribution in [0.1, 0.15) is 79.1 Å². The minimum atomic E-state index is 0.304. The molecule has 0 aromatic rings. The fourth-order valence-electron chi connectivity index (χ4n) is 6.59. The molecule has 0 aromatic carbocycles. The van der Waals surface area contributed by atoms with Crippen molar-refractivity contribution in [2.24, 2.45) is 34.5 Å². The van der Waals surface area contributed by atoms with Gasteiger partial charge in [-0.1, -0.05) is 71.3 Å². The Bertz CT molecular complexity index is 468. The summed E-state index contributed by atoms with van der Waals surface area (Å²) in [6, 6.07) is 0. The van der Waals surface area contributed by atoms with Gasteiger partial charge in [0.15, 0.2) is 0 Å². The fraction of sp³-hybridized carbons (Fsp3) is 0.818. The zero-order chi connectivity index (χ0) is 16.1. The van der Waals surface area contributed by atoms with Crippen molar-refractivity contribution in [3.8, 4) is 0 Å². The summed E-state index contributed by atoms with van der Waals surface area (Å²) in [6.45, 7) is 19.0. The van der Waals surface area contributed by atoms with Gasteiger partial charge in [0.1, 0.15) is 0 Å². The molecule has 5 unspecified atom stereocenters. The van der Waals surface area contributed by atoms with Gasteiger partial charge in [0.05, 0.1) is 0 Å². The molecule has 3 saturated carbocycles. The second-order valence-corrected chi connectivity index (χ2v) is 9.32. The Balaban J connectivity index is 1.96. The highest BCUT2D eigenvalue weighted by Crippen LogP contribution is 2.63. The van der Waals surface area contributed by atoms with Gasteiger partial charge in [-0.15, -0.1) is 0 Å². The first-order valence-electron chi connectivity index (χ1n) is 9.68. The van der Waals surface area contributed by atoms with Gasteiger partial charge in [-0.2, -0.15) is 0 Å². The Morgan fingerprint density at radius 3 is 2.41 bits per heavy atom. The highest BCUT2D eigenvalue weighted by atomic mass is 14.6. The molecule has 3 fully saturated rings. The Kier molecular flexibility index (Phi) is 4.11. The Hall–Kier alpha value is -0.520. The maximum Gasteiger partial charge on any atom is -0.0113 e. The van der Waals surface area contributed by atoms with Crippen LogP contribution in [0, 0.1) is 34.5 Å². The third-order valence-electron chi connectivity index (χ3n) is 8.18. The molecule has 0 amide bonds. The summed E-state index contributed by atoms with van der Waals surface area (Å²) in [6.07, 6.45) is 11.0. The lowest BCUT2D eigenvalue weighted by Gasteiger charge is -2.57. The van der Waals surface area contributed by atoms with Crippen LogP contribution < -0.4 is 0 Å². The molecule has 0 aliphatic heterocycles. The first-order valence-corrected chi connectivity index (χ1v) is 9.68. The average molecular weight is 301 g/mol. The van der Waals surface area contributed by atoms with Gasteiger partial charge < -0.3 is 0 Å². The monoisotopic (exact) mass is 300 g/mol. The zero-order valence-electron chi connectivity index (χ0n) is 15.4. The fourth-order valence-corrected chi connectivity index (χ4v) is 6.59. The molecular weight excluding hydrogens is 264 g/mol. The largest absolute Gasteiger partial charge is 0.0995 e. The van der Waals surface area contributed by atoms with Gasteiger partial charge in [0.2, 0.25) is 0 Å². The van der Waals surface area contributed by atoms with Gasteiger partial charge in [0.25, 0.3) is 0 Å². The highest BCUT2D eigenvalue weighted by molar-refractivity contribution is 5.23. The molecule has 0 radical (unpaired) electrons. The third-order valence-corrected chi connectivity index (χ3v) is 8.18. The summed E-state index contributed by atoms with van der Waals surface area (Å²) in [5, 5.41) is 0. The van der Waals surface area contributed by atoms with Crippen molar-refractivity contribution in [1.82, 2.24) is 0 Å². The van der Waals surface area contributed by atoms with E-state index >= 15 is 0 Å². The standard InChI is InChI=1S/C22H36/c1-7-18-20(19-12-11-16(3)21(19,4)5)15(2)14-17-10-8-9-13-22(17,18)6/h17-20H,2-3,7-14H2,1,4-6H3.